The lowest BCUT2D eigenvalue weighted by Gasteiger charge is -2.08. The Kier molecular flexibility index (Phi) is 3.92. The van der Waals surface area contributed by atoms with Crippen LogP contribution in [0.15, 0.2) is 48.5 Å². The summed E-state index contributed by atoms with van der Waals surface area (Å²) in [5.41, 5.74) is 7.98. The Labute approximate surface area is 131 Å². The van der Waals surface area contributed by atoms with Gasteiger partial charge >= 0.3 is 0 Å². The average molecular weight is 319 g/mol. The molecule has 1 aromatic heterocycles. The van der Waals surface area contributed by atoms with Crippen molar-refractivity contribution in [3.63, 3.8) is 0 Å². The van der Waals surface area contributed by atoms with Gasteiger partial charge in [0.1, 0.15) is 5.82 Å². The number of hydrogen-bond donors (Lipinski definition) is 2. The highest BCUT2D eigenvalue weighted by Gasteiger charge is 2.14. The van der Waals surface area contributed by atoms with Gasteiger partial charge in [-0.1, -0.05) is 35.3 Å². The minimum atomic E-state index is -0.379. The predicted octanol–water partition coefficient (Wildman–Crippen LogP) is 3.83. The second-order valence-corrected chi connectivity index (χ2v) is 5.45. The van der Waals surface area contributed by atoms with Crippen molar-refractivity contribution in [1.29, 1.82) is 0 Å². The third-order valence-electron chi connectivity index (χ3n) is 3.13. The molecule has 21 heavy (non-hydrogen) atoms. The summed E-state index contributed by atoms with van der Waals surface area (Å²) in [4.78, 5) is 4.44. The van der Waals surface area contributed by atoms with Crippen LogP contribution in [0.2, 0.25) is 10.0 Å². The van der Waals surface area contributed by atoms with Crippen LogP contribution >= 0.6 is 23.2 Å². The zero-order chi connectivity index (χ0) is 14.8. The van der Waals surface area contributed by atoms with Crippen LogP contribution < -0.4 is 5.73 Å². The second-order valence-electron chi connectivity index (χ2n) is 4.58. The van der Waals surface area contributed by atoms with E-state index in [4.69, 9.17) is 28.9 Å². The highest BCUT2D eigenvalue weighted by Crippen LogP contribution is 2.22. The van der Waals surface area contributed by atoms with Gasteiger partial charge in [0.25, 0.3) is 0 Å². The van der Waals surface area contributed by atoms with E-state index in [0.717, 1.165) is 11.1 Å². The fraction of sp³-hybridized carbons (Fsp3) is 0.0667. The van der Waals surface area contributed by atoms with Crippen LogP contribution in [0.25, 0.3) is 11.4 Å². The smallest absolute Gasteiger partial charge is 0.181 e. The Morgan fingerprint density at radius 1 is 0.905 bits per heavy atom. The molecule has 0 unspecified atom stereocenters. The summed E-state index contributed by atoms with van der Waals surface area (Å²) in [7, 11) is 0. The monoisotopic (exact) mass is 318 g/mol. The second kappa shape index (κ2) is 5.85. The summed E-state index contributed by atoms with van der Waals surface area (Å²) < 4.78 is 0. The first-order valence-electron chi connectivity index (χ1n) is 6.33. The quantitative estimate of drug-likeness (QED) is 0.771. The third kappa shape index (κ3) is 3.08. The number of halogens is 2. The van der Waals surface area contributed by atoms with Crippen LogP contribution in [0.4, 0.5) is 0 Å². The van der Waals surface area contributed by atoms with Crippen LogP contribution in [-0.4, -0.2) is 15.2 Å². The summed E-state index contributed by atoms with van der Waals surface area (Å²) in [5.74, 6) is 1.19. The van der Waals surface area contributed by atoms with Gasteiger partial charge < -0.3 is 5.73 Å². The topological polar surface area (TPSA) is 67.6 Å². The maximum Gasteiger partial charge on any atom is 0.181 e. The molecule has 0 spiro atoms. The van der Waals surface area contributed by atoms with Crippen LogP contribution in [0, 0.1) is 0 Å². The molecule has 0 aliphatic heterocycles. The van der Waals surface area contributed by atoms with E-state index in [1.807, 2.05) is 24.3 Å². The molecule has 0 amide bonds. The summed E-state index contributed by atoms with van der Waals surface area (Å²) in [5, 5.41) is 8.42. The highest BCUT2D eigenvalue weighted by molar-refractivity contribution is 6.30. The Morgan fingerprint density at radius 3 is 2.10 bits per heavy atom. The molecule has 0 fully saturated rings. The summed E-state index contributed by atoms with van der Waals surface area (Å²) in [6.45, 7) is 0. The maximum absolute atomic E-state index is 6.18. The zero-order valence-electron chi connectivity index (χ0n) is 10.9. The molecule has 1 heterocycles. The Hall–Kier alpha value is -1.88. The number of aromatic amines is 1. The number of aromatic nitrogens is 3. The van der Waals surface area contributed by atoms with Crippen molar-refractivity contribution in [2.45, 2.75) is 6.04 Å². The van der Waals surface area contributed by atoms with Crippen molar-refractivity contribution in [3.05, 3.63) is 70.0 Å². The summed E-state index contributed by atoms with van der Waals surface area (Å²) in [6.07, 6.45) is 0. The molecule has 0 radical (unpaired) electrons. The minimum absolute atomic E-state index is 0.379. The molecule has 106 valence electrons. The normalized spacial score (nSPS) is 12.3. The van der Waals surface area contributed by atoms with Crippen molar-refractivity contribution < 1.29 is 0 Å². The zero-order valence-corrected chi connectivity index (χ0v) is 12.4. The third-order valence-corrected chi connectivity index (χ3v) is 3.63. The molecule has 2 aromatic carbocycles. The Morgan fingerprint density at radius 2 is 1.48 bits per heavy atom. The van der Waals surface area contributed by atoms with E-state index < -0.39 is 0 Å². The van der Waals surface area contributed by atoms with Crippen molar-refractivity contribution in [1.82, 2.24) is 15.2 Å². The summed E-state index contributed by atoms with van der Waals surface area (Å²) >= 11 is 11.7. The van der Waals surface area contributed by atoms with Gasteiger partial charge in [0.2, 0.25) is 0 Å². The number of nitrogens with one attached hydrogen (secondary N) is 1. The molecule has 4 nitrogen and oxygen atoms in total. The fourth-order valence-corrected chi connectivity index (χ4v) is 2.22. The molecule has 0 bridgehead atoms. The van der Waals surface area contributed by atoms with Gasteiger partial charge in [-0.2, -0.15) is 5.10 Å². The largest absolute Gasteiger partial charge is 0.318 e. The Bertz CT molecular complexity index is 735. The van der Waals surface area contributed by atoms with Crippen molar-refractivity contribution >= 4 is 23.2 Å². The molecule has 1 atom stereocenters. The van der Waals surface area contributed by atoms with Gasteiger partial charge in [0.15, 0.2) is 5.82 Å². The molecule has 3 rings (SSSR count). The van der Waals surface area contributed by atoms with Gasteiger partial charge in [-0.15, -0.1) is 0 Å². The average Bonchev–Trinajstić information content (AvgIpc) is 2.98. The van der Waals surface area contributed by atoms with Gasteiger partial charge in [-0.3, -0.25) is 5.10 Å². The highest BCUT2D eigenvalue weighted by atomic mass is 35.5. The van der Waals surface area contributed by atoms with Crippen LogP contribution in [-0.2, 0) is 0 Å². The maximum atomic E-state index is 6.18. The molecule has 0 saturated heterocycles. The van der Waals surface area contributed by atoms with Gasteiger partial charge in [0.05, 0.1) is 6.04 Å². The summed E-state index contributed by atoms with van der Waals surface area (Å²) in [6, 6.07) is 14.3. The number of rotatable bonds is 3. The van der Waals surface area contributed by atoms with E-state index in [2.05, 4.69) is 15.2 Å². The number of H-pyrrole nitrogens is 1. The standard InChI is InChI=1S/C15H12Cl2N4/c16-11-5-1-9(2-6-11)13(18)15-19-14(20-21-15)10-3-7-12(17)8-4-10/h1-8,13H,18H2,(H,19,20,21)/t13-/m1/s1. The SMILES string of the molecule is N[C@H](c1ccc(Cl)cc1)c1nc(-c2ccc(Cl)cc2)n[nH]1. The lowest BCUT2D eigenvalue weighted by atomic mass is 10.1. The molecule has 0 aliphatic rings. The molecule has 0 saturated carbocycles. The molecule has 6 heteroatoms. The molecule has 0 aliphatic carbocycles. The van der Waals surface area contributed by atoms with Gasteiger partial charge in [0, 0.05) is 15.6 Å². The van der Waals surface area contributed by atoms with E-state index in [1.54, 1.807) is 24.3 Å². The molecular formula is C15H12Cl2N4. The van der Waals surface area contributed by atoms with E-state index >= 15 is 0 Å². The number of nitrogens with zero attached hydrogens (tertiary/aromatic N) is 2. The molecule has 3 aromatic rings. The van der Waals surface area contributed by atoms with Crippen LogP contribution in [0.3, 0.4) is 0 Å². The molecular weight excluding hydrogens is 307 g/mol. The lowest BCUT2D eigenvalue weighted by Crippen LogP contribution is -2.13. The Balaban J connectivity index is 1.87. The first-order valence-corrected chi connectivity index (χ1v) is 7.08. The molecule has 3 N–H and O–H groups in total. The van der Waals surface area contributed by atoms with Crippen LogP contribution in [0.1, 0.15) is 17.4 Å². The fourth-order valence-electron chi connectivity index (χ4n) is 1.97. The van der Waals surface area contributed by atoms with E-state index in [0.29, 0.717) is 21.7 Å². The van der Waals surface area contributed by atoms with E-state index in [9.17, 15) is 0 Å². The lowest BCUT2D eigenvalue weighted by molar-refractivity contribution is 0.787. The minimum Gasteiger partial charge on any atom is -0.318 e. The van der Waals surface area contributed by atoms with Gasteiger partial charge in [-0.25, -0.2) is 4.98 Å². The van der Waals surface area contributed by atoms with Crippen molar-refractivity contribution in [2.24, 2.45) is 5.73 Å². The van der Waals surface area contributed by atoms with E-state index in [-0.39, 0.29) is 6.04 Å². The van der Waals surface area contributed by atoms with Gasteiger partial charge in [-0.05, 0) is 42.0 Å². The predicted molar refractivity (Wildman–Crippen MR) is 84.3 cm³/mol. The van der Waals surface area contributed by atoms with E-state index in [1.165, 1.54) is 0 Å². The first kappa shape index (κ1) is 14.1. The number of benzene rings is 2. The van der Waals surface area contributed by atoms with Crippen molar-refractivity contribution in [3.8, 4) is 11.4 Å². The van der Waals surface area contributed by atoms with Crippen molar-refractivity contribution in [2.75, 3.05) is 0 Å². The number of nitrogens with two attached hydrogens (primary N) is 1. The first-order chi connectivity index (χ1) is 10.1. The van der Waals surface area contributed by atoms with Crippen LogP contribution in [0.5, 0.6) is 0 Å². The number of hydrogen-bond acceptors (Lipinski definition) is 3.